The lowest BCUT2D eigenvalue weighted by atomic mass is 10.1. The molecule has 0 unspecified atom stereocenters. The maximum absolute atomic E-state index is 13.2. The van der Waals surface area contributed by atoms with Crippen molar-refractivity contribution < 1.29 is 8.81 Å². The Morgan fingerprint density at radius 1 is 1.31 bits per heavy atom. The van der Waals surface area contributed by atoms with Crippen LogP contribution in [0.25, 0.3) is 11.3 Å². The van der Waals surface area contributed by atoms with E-state index < -0.39 is 5.82 Å². The minimum atomic E-state index is -0.459. The van der Waals surface area contributed by atoms with Gasteiger partial charge in [-0.25, -0.2) is 4.39 Å². The lowest BCUT2D eigenvalue weighted by Gasteiger charge is -1.98. The van der Waals surface area contributed by atoms with Crippen molar-refractivity contribution in [2.24, 2.45) is 5.73 Å². The summed E-state index contributed by atoms with van der Waals surface area (Å²) < 4.78 is 18.5. The van der Waals surface area contributed by atoms with Crippen molar-refractivity contribution in [1.29, 1.82) is 5.26 Å². The number of rotatable bonds is 2. The number of hydrogen-bond donors (Lipinski definition) is 1. The van der Waals surface area contributed by atoms with Gasteiger partial charge in [-0.15, -0.1) is 0 Å². The van der Waals surface area contributed by atoms with Gasteiger partial charge in [-0.1, -0.05) is 0 Å². The first-order chi connectivity index (χ1) is 7.72. The number of nitrogens with two attached hydrogens (primary N) is 1. The van der Waals surface area contributed by atoms with Gasteiger partial charge in [0.25, 0.3) is 0 Å². The van der Waals surface area contributed by atoms with Crippen LogP contribution in [0.15, 0.2) is 34.7 Å². The zero-order valence-electron chi connectivity index (χ0n) is 8.40. The normalized spacial score (nSPS) is 10.1. The van der Waals surface area contributed by atoms with Gasteiger partial charge in [0.05, 0.1) is 18.2 Å². The second-order valence-electron chi connectivity index (χ2n) is 3.31. The van der Waals surface area contributed by atoms with Gasteiger partial charge in [0.15, 0.2) is 0 Å². The largest absolute Gasteiger partial charge is 0.460 e. The molecule has 2 aromatic rings. The van der Waals surface area contributed by atoms with Crippen LogP contribution < -0.4 is 5.73 Å². The van der Waals surface area contributed by atoms with Crippen LogP contribution in [-0.2, 0) is 6.54 Å². The molecule has 2 N–H and O–H groups in total. The van der Waals surface area contributed by atoms with Crippen LogP contribution in [0, 0.1) is 17.1 Å². The van der Waals surface area contributed by atoms with E-state index in [1.807, 2.05) is 6.07 Å². The highest BCUT2D eigenvalue weighted by atomic mass is 19.1. The highest BCUT2D eigenvalue weighted by Gasteiger charge is 2.07. The summed E-state index contributed by atoms with van der Waals surface area (Å²) in [5, 5.41) is 8.72. The lowest BCUT2D eigenvalue weighted by molar-refractivity contribution is 0.524. The molecular weight excluding hydrogens is 207 g/mol. The number of hydrogen-bond acceptors (Lipinski definition) is 3. The predicted octanol–water partition coefficient (Wildman–Crippen LogP) is 2.42. The van der Waals surface area contributed by atoms with E-state index in [0.717, 1.165) is 0 Å². The second-order valence-corrected chi connectivity index (χ2v) is 3.31. The highest BCUT2D eigenvalue weighted by molar-refractivity contribution is 5.60. The van der Waals surface area contributed by atoms with Crippen LogP contribution in [0.1, 0.15) is 11.3 Å². The van der Waals surface area contributed by atoms with Crippen LogP contribution in [0.4, 0.5) is 4.39 Å². The van der Waals surface area contributed by atoms with Crippen LogP contribution >= 0.6 is 0 Å². The Labute approximate surface area is 91.9 Å². The smallest absolute Gasteiger partial charge is 0.134 e. The molecule has 1 heterocycles. The van der Waals surface area contributed by atoms with Gasteiger partial charge in [-0.05, 0) is 30.3 Å². The topological polar surface area (TPSA) is 63.0 Å². The number of nitrogens with zero attached hydrogens (tertiary/aromatic N) is 1. The van der Waals surface area contributed by atoms with E-state index >= 15 is 0 Å². The van der Waals surface area contributed by atoms with Crippen LogP contribution in [-0.4, -0.2) is 0 Å². The molecule has 4 heteroatoms. The number of halogens is 1. The molecule has 3 nitrogen and oxygen atoms in total. The Morgan fingerprint density at radius 3 is 2.75 bits per heavy atom. The van der Waals surface area contributed by atoms with Crippen molar-refractivity contribution in [1.82, 2.24) is 0 Å². The first-order valence-corrected chi connectivity index (χ1v) is 4.73. The Morgan fingerprint density at radius 2 is 2.12 bits per heavy atom. The molecule has 1 aromatic heterocycles. The standard InChI is InChI=1S/C12H9FN2O/c13-10-4-8(6-14)3-9(5-10)12-2-1-11(7-15)16-12/h1-5H,7,15H2. The zero-order chi connectivity index (χ0) is 11.5. The number of benzene rings is 1. The summed E-state index contributed by atoms with van der Waals surface area (Å²) in [5.74, 6) is 0.675. The molecule has 0 aliphatic rings. The third-order valence-corrected chi connectivity index (χ3v) is 2.17. The molecule has 16 heavy (non-hydrogen) atoms. The summed E-state index contributed by atoms with van der Waals surface area (Å²) in [6, 6.07) is 9.40. The zero-order valence-corrected chi connectivity index (χ0v) is 8.40. The Kier molecular flexibility index (Phi) is 2.71. The molecule has 0 spiro atoms. The van der Waals surface area contributed by atoms with E-state index in [-0.39, 0.29) is 5.56 Å². The maximum atomic E-state index is 13.2. The Hall–Kier alpha value is -2.12. The molecule has 0 bridgehead atoms. The first kappa shape index (κ1) is 10.4. The van der Waals surface area contributed by atoms with Crippen molar-refractivity contribution >= 4 is 0 Å². The van der Waals surface area contributed by atoms with Crippen molar-refractivity contribution in [2.75, 3.05) is 0 Å². The van der Waals surface area contributed by atoms with E-state index in [9.17, 15) is 4.39 Å². The number of nitriles is 1. The average molecular weight is 216 g/mol. The van der Waals surface area contributed by atoms with Gasteiger partial charge < -0.3 is 10.2 Å². The molecule has 0 fully saturated rings. The third-order valence-electron chi connectivity index (χ3n) is 2.17. The third kappa shape index (κ3) is 1.95. The fraction of sp³-hybridized carbons (Fsp3) is 0.0833. The maximum Gasteiger partial charge on any atom is 0.134 e. The van der Waals surface area contributed by atoms with E-state index in [0.29, 0.717) is 23.6 Å². The molecule has 0 aliphatic heterocycles. The van der Waals surface area contributed by atoms with E-state index in [2.05, 4.69) is 0 Å². The Bertz CT molecular complexity index is 554. The van der Waals surface area contributed by atoms with Crippen molar-refractivity contribution in [3.8, 4) is 17.4 Å². The Balaban J connectivity index is 2.47. The molecule has 0 saturated carbocycles. The molecule has 2 rings (SSSR count). The van der Waals surface area contributed by atoms with Crippen molar-refractivity contribution in [3.05, 3.63) is 47.5 Å². The van der Waals surface area contributed by atoms with Gasteiger partial charge >= 0.3 is 0 Å². The second kappa shape index (κ2) is 4.17. The highest BCUT2D eigenvalue weighted by Crippen LogP contribution is 2.24. The molecule has 1 aromatic carbocycles. The summed E-state index contributed by atoms with van der Waals surface area (Å²) >= 11 is 0. The fourth-order valence-corrected chi connectivity index (χ4v) is 1.44. The van der Waals surface area contributed by atoms with Crippen LogP contribution in [0.2, 0.25) is 0 Å². The van der Waals surface area contributed by atoms with Gasteiger partial charge in [0.2, 0.25) is 0 Å². The van der Waals surface area contributed by atoms with E-state index in [1.165, 1.54) is 12.1 Å². The summed E-state index contributed by atoms with van der Waals surface area (Å²) in [6.45, 7) is 0.292. The summed E-state index contributed by atoms with van der Waals surface area (Å²) in [5.41, 5.74) is 6.21. The molecule has 80 valence electrons. The summed E-state index contributed by atoms with van der Waals surface area (Å²) in [6.07, 6.45) is 0. The molecule has 0 saturated heterocycles. The SMILES string of the molecule is N#Cc1cc(F)cc(-c2ccc(CN)o2)c1. The summed E-state index contributed by atoms with van der Waals surface area (Å²) in [4.78, 5) is 0. The molecule has 0 atom stereocenters. The minimum Gasteiger partial charge on any atom is -0.460 e. The molecule has 0 amide bonds. The molecular formula is C12H9FN2O. The van der Waals surface area contributed by atoms with Crippen molar-refractivity contribution in [2.45, 2.75) is 6.54 Å². The monoisotopic (exact) mass is 216 g/mol. The van der Waals surface area contributed by atoms with Gasteiger partial charge in [-0.3, -0.25) is 0 Å². The quantitative estimate of drug-likeness (QED) is 0.838. The van der Waals surface area contributed by atoms with Gasteiger partial charge in [0, 0.05) is 5.56 Å². The van der Waals surface area contributed by atoms with Gasteiger partial charge in [0.1, 0.15) is 17.3 Å². The van der Waals surface area contributed by atoms with Crippen molar-refractivity contribution in [3.63, 3.8) is 0 Å². The molecule has 0 radical (unpaired) electrons. The van der Waals surface area contributed by atoms with Crippen LogP contribution in [0.3, 0.4) is 0 Å². The summed E-state index contributed by atoms with van der Waals surface area (Å²) in [7, 11) is 0. The first-order valence-electron chi connectivity index (χ1n) is 4.73. The van der Waals surface area contributed by atoms with Gasteiger partial charge in [-0.2, -0.15) is 5.26 Å². The average Bonchev–Trinajstić information content (AvgIpc) is 2.76. The predicted molar refractivity (Wildman–Crippen MR) is 56.7 cm³/mol. The van der Waals surface area contributed by atoms with Crippen LogP contribution in [0.5, 0.6) is 0 Å². The van der Waals surface area contributed by atoms with E-state index in [4.69, 9.17) is 15.4 Å². The molecule has 0 aliphatic carbocycles. The number of furan rings is 1. The minimum absolute atomic E-state index is 0.265. The fourth-order valence-electron chi connectivity index (χ4n) is 1.44. The lowest BCUT2D eigenvalue weighted by Crippen LogP contribution is -1.92. The van der Waals surface area contributed by atoms with E-state index in [1.54, 1.807) is 18.2 Å².